The smallest absolute Gasteiger partial charge is 0.390 e. The number of carbonyl (C=O) groups is 2. The number of nitrogens with zero attached hydrogens (tertiary/aromatic N) is 7. The van der Waals surface area contributed by atoms with Crippen LogP contribution in [0, 0.1) is 23.2 Å². The molecule has 0 aromatic carbocycles. The summed E-state index contributed by atoms with van der Waals surface area (Å²) in [5.41, 5.74) is 4.78. The van der Waals surface area contributed by atoms with E-state index in [2.05, 4.69) is 31.9 Å². The molecule has 0 saturated carbocycles. The molecule has 0 aliphatic carbocycles. The van der Waals surface area contributed by atoms with Crippen molar-refractivity contribution in [3.8, 4) is 28.3 Å². The fourth-order valence-electron chi connectivity index (χ4n) is 5.40. The van der Waals surface area contributed by atoms with Gasteiger partial charge in [0.1, 0.15) is 11.9 Å². The van der Waals surface area contributed by atoms with E-state index in [4.69, 9.17) is 0 Å². The van der Waals surface area contributed by atoms with E-state index in [-0.39, 0.29) is 24.3 Å². The number of anilines is 1. The van der Waals surface area contributed by atoms with E-state index in [0.717, 1.165) is 40.1 Å². The van der Waals surface area contributed by atoms with Gasteiger partial charge in [-0.1, -0.05) is 0 Å². The largest absolute Gasteiger partial charge is 0.481 e. The molecular formula is C30H32F3N9O3. The van der Waals surface area contributed by atoms with E-state index in [1.165, 1.54) is 0 Å². The monoisotopic (exact) mass is 623 g/mol. The first-order chi connectivity index (χ1) is 21.5. The van der Waals surface area contributed by atoms with Crippen molar-refractivity contribution in [1.82, 2.24) is 35.0 Å². The predicted molar refractivity (Wildman–Crippen MR) is 158 cm³/mol. The fourth-order valence-corrected chi connectivity index (χ4v) is 5.40. The lowest BCUT2D eigenvalue weighted by molar-refractivity contribution is -0.141. The molecule has 2 aliphatic heterocycles. The first-order valence-corrected chi connectivity index (χ1v) is 14.4. The zero-order valence-corrected chi connectivity index (χ0v) is 24.5. The zero-order valence-electron chi connectivity index (χ0n) is 24.5. The summed E-state index contributed by atoms with van der Waals surface area (Å²) in [6.07, 6.45) is 5.09. The molecule has 2 atom stereocenters. The summed E-state index contributed by atoms with van der Waals surface area (Å²) >= 11 is 0. The van der Waals surface area contributed by atoms with Gasteiger partial charge in [0.05, 0.1) is 41.7 Å². The Morgan fingerprint density at radius 1 is 1.11 bits per heavy atom. The average Bonchev–Trinajstić information content (AvgIpc) is 3.83. The fraction of sp³-hybridized carbons (Fsp3) is 0.400. The Bertz CT molecular complexity index is 1700. The highest BCUT2D eigenvalue weighted by molar-refractivity contribution is 5.87. The maximum absolute atomic E-state index is 11.7. The summed E-state index contributed by atoms with van der Waals surface area (Å²) in [6.45, 7) is 2.14. The molecule has 236 valence electrons. The molecule has 0 spiro atoms. The minimum atomic E-state index is -4.19. The van der Waals surface area contributed by atoms with Gasteiger partial charge < -0.3 is 20.6 Å². The minimum absolute atomic E-state index is 0.164. The Hall–Kier alpha value is -4.97. The van der Waals surface area contributed by atoms with Crippen molar-refractivity contribution < 1.29 is 27.9 Å². The summed E-state index contributed by atoms with van der Waals surface area (Å²) in [6, 6.07) is 8.08. The number of pyridine rings is 2. The van der Waals surface area contributed by atoms with Crippen molar-refractivity contribution >= 4 is 23.2 Å². The van der Waals surface area contributed by atoms with Gasteiger partial charge in [-0.15, -0.1) is 0 Å². The Kier molecular flexibility index (Phi) is 9.33. The van der Waals surface area contributed by atoms with Gasteiger partial charge >= 0.3 is 12.1 Å². The number of fused-ring (bicyclic) bond motifs is 1. The van der Waals surface area contributed by atoms with Crippen LogP contribution >= 0.6 is 0 Å². The summed E-state index contributed by atoms with van der Waals surface area (Å²) in [5.74, 6) is -0.816. The number of nitrogens with one attached hydrogen (secondary N) is 2. The van der Waals surface area contributed by atoms with E-state index in [9.17, 15) is 33.1 Å². The van der Waals surface area contributed by atoms with Crippen LogP contribution in [0.15, 0.2) is 49.2 Å². The topological polar surface area (TPSA) is 153 Å². The van der Waals surface area contributed by atoms with E-state index < -0.39 is 18.6 Å². The second-order valence-corrected chi connectivity index (χ2v) is 11.0. The van der Waals surface area contributed by atoms with Gasteiger partial charge in [0.15, 0.2) is 0 Å². The quantitative estimate of drug-likeness (QED) is 0.282. The first kappa shape index (κ1) is 31.5. The molecular weight excluding hydrogens is 591 g/mol. The molecule has 2 aliphatic rings. The van der Waals surface area contributed by atoms with Gasteiger partial charge in [0.2, 0.25) is 5.91 Å². The van der Waals surface area contributed by atoms with Crippen molar-refractivity contribution in [2.75, 3.05) is 37.6 Å². The molecule has 4 aromatic rings. The summed E-state index contributed by atoms with van der Waals surface area (Å²) in [4.78, 5) is 29.0. The molecule has 6 heterocycles. The minimum Gasteiger partial charge on any atom is -0.481 e. The van der Waals surface area contributed by atoms with Gasteiger partial charge in [-0.25, -0.2) is 9.50 Å². The molecule has 4 aromatic heterocycles. The van der Waals surface area contributed by atoms with Crippen LogP contribution < -0.4 is 15.5 Å². The van der Waals surface area contributed by atoms with Gasteiger partial charge in [-0.2, -0.15) is 28.6 Å². The van der Waals surface area contributed by atoms with Crippen molar-refractivity contribution in [2.45, 2.75) is 25.4 Å². The van der Waals surface area contributed by atoms with Gasteiger partial charge in [-0.3, -0.25) is 14.3 Å². The second kappa shape index (κ2) is 13.3. The number of hydrogen-bond acceptors (Lipinski definition) is 8. The van der Waals surface area contributed by atoms with E-state index in [0.29, 0.717) is 38.0 Å². The average molecular weight is 624 g/mol. The van der Waals surface area contributed by atoms with Crippen LogP contribution in [-0.2, 0) is 16.6 Å². The normalized spacial score (nSPS) is 18.0. The highest BCUT2D eigenvalue weighted by Gasteiger charge is 2.29. The summed E-state index contributed by atoms with van der Waals surface area (Å²) in [5, 5.41) is 32.7. The van der Waals surface area contributed by atoms with Crippen LogP contribution in [0.1, 0.15) is 24.8 Å². The number of halogens is 3. The number of carboxylic acid groups (broad SMARTS) is 1. The molecule has 15 heteroatoms. The molecule has 45 heavy (non-hydrogen) atoms. The van der Waals surface area contributed by atoms with E-state index in [1.54, 1.807) is 27.8 Å². The number of hydrogen-bond donors (Lipinski definition) is 3. The SMILES string of the molecule is Cn1cc(-c2cc(-c3ccc(N4CC[C@@H](C(=O)O)C4)nc3)c3c(C#N)cnn3c2)cn1.O=C(NCCC(F)(F)F)C1CCNC1. The first-order valence-electron chi connectivity index (χ1n) is 14.4. The lowest BCUT2D eigenvalue weighted by Crippen LogP contribution is -2.34. The number of alkyl halides is 3. The number of amides is 1. The number of carbonyl (C=O) groups excluding carboxylic acids is 1. The maximum atomic E-state index is 11.7. The lowest BCUT2D eigenvalue weighted by Gasteiger charge is -2.17. The zero-order chi connectivity index (χ0) is 32.1. The van der Waals surface area contributed by atoms with Gasteiger partial charge in [0.25, 0.3) is 0 Å². The molecule has 1 amide bonds. The Morgan fingerprint density at radius 2 is 1.93 bits per heavy atom. The van der Waals surface area contributed by atoms with Crippen LogP contribution in [0.2, 0.25) is 0 Å². The third kappa shape index (κ3) is 7.58. The number of rotatable bonds is 7. The maximum Gasteiger partial charge on any atom is 0.390 e. The third-order valence-electron chi connectivity index (χ3n) is 7.83. The Morgan fingerprint density at radius 3 is 2.53 bits per heavy atom. The summed E-state index contributed by atoms with van der Waals surface area (Å²) in [7, 11) is 1.86. The van der Waals surface area contributed by atoms with Gasteiger partial charge in [0, 0.05) is 74.1 Å². The highest BCUT2D eigenvalue weighted by atomic mass is 19.4. The molecule has 2 fully saturated rings. The van der Waals surface area contributed by atoms with E-state index >= 15 is 0 Å². The van der Waals surface area contributed by atoms with Crippen molar-refractivity contribution in [2.24, 2.45) is 18.9 Å². The number of aromatic nitrogens is 5. The standard InChI is InChI=1S/C22H19N7O2.C8H13F3N2O/c1-27-11-18(10-25-27)16-6-19(21-17(7-23)9-26-29(21)13-16)14-2-3-20(24-8-14)28-5-4-15(12-28)22(30)31;9-8(10,11)2-4-13-7(14)6-1-3-12-5-6/h2-3,6,8-11,13,15H,4-5,12H2,1H3,(H,30,31);6,12H,1-5H2,(H,13,14)/t15-;/m1./s1. The Balaban J connectivity index is 0.000000241. The summed E-state index contributed by atoms with van der Waals surface area (Å²) < 4.78 is 38.6. The van der Waals surface area contributed by atoms with E-state index in [1.807, 2.05) is 42.5 Å². The molecule has 2 saturated heterocycles. The van der Waals surface area contributed by atoms with Crippen molar-refractivity contribution in [3.63, 3.8) is 0 Å². The van der Waals surface area contributed by atoms with Crippen LogP contribution in [0.4, 0.5) is 19.0 Å². The molecule has 6 rings (SSSR count). The number of carboxylic acids is 1. The van der Waals surface area contributed by atoms with Crippen molar-refractivity contribution in [3.05, 3.63) is 54.7 Å². The van der Waals surface area contributed by atoms with Gasteiger partial charge in [-0.05, 0) is 37.6 Å². The predicted octanol–water partition coefficient (Wildman–Crippen LogP) is 3.24. The molecule has 1 unspecified atom stereocenters. The van der Waals surface area contributed by atoms with Crippen LogP contribution in [0.5, 0.6) is 0 Å². The molecule has 0 radical (unpaired) electrons. The lowest BCUT2D eigenvalue weighted by atomic mass is 10.0. The van der Waals surface area contributed by atoms with Crippen LogP contribution in [0.3, 0.4) is 0 Å². The second-order valence-electron chi connectivity index (χ2n) is 11.0. The molecule has 3 N–H and O–H groups in total. The Labute approximate surface area is 256 Å². The van der Waals surface area contributed by atoms with Crippen LogP contribution in [-0.4, -0.2) is 80.3 Å². The number of aliphatic carboxylic acids is 1. The van der Waals surface area contributed by atoms with Crippen LogP contribution in [0.25, 0.3) is 27.8 Å². The third-order valence-corrected chi connectivity index (χ3v) is 7.83. The van der Waals surface area contributed by atoms with Crippen molar-refractivity contribution in [1.29, 1.82) is 5.26 Å². The molecule has 0 bridgehead atoms. The number of aryl methyl sites for hydroxylation is 1. The molecule has 12 nitrogen and oxygen atoms in total. The highest BCUT2D eigenvalue weighted by Crippen LogP contribution is 2.33. The number of nitriles is 1.